The summed E-state index contributed by atoms with van der Waals surface area (Å²) in [4.78, 5) is 20.1. The van der Waals surface area contributed by atoms with Crippen LogP contribution in [0.2, 0.25) is 0 Å². The van der Waals surface area contributed by atoms with Gasteiger partial charge >= 0.3 is 0 Å². The van der Waals surface area contributed by atoms with Gasteiger partial charge in [0.2, 0.25) is 0 Å². The maximum absolute atomic E-state index is 14.3. The van der Waals surface area contributed by atoms with Crippen LogP contribution in [0.25, 0.3) is 0 Å². The van der Waals surface area contributed by atoms with Crippen LogP contribution in [0.3, 0.4) is 0 Å². The summed E-state index contributed by atoms with van der Waals surface area (Å²) in [5.41, 5.74) is 1.30. The highest BCUT2D eigenvalue weighted by Crippen LogP contribution is 2.30. The van der Waals surface area contributed by atoms with Crippen molar-refractivity contribution in [2.75, 3.05) is 26.7 Å². The average Bonchev–Trinajstić information content (AvgIpc) is 3.59. The number of nitrogens with one attached hydrogen (secondary N) is 3. The minimum atomic E-state index is -0.358. The second-order valence-electron chi connectivity index (χ2n) is 7.31. The van der Waals surface area contributed by atoms with Gasteiger partial charge in [-0.25, -0.2) is 4.39 Å². The van der Waals surface area contributed by atoms with E-state index >= 15 is 0 Å². The molecular weight excluding hydrogens is 385 g/mol. The van der Waals surface area contributed by atoms with Crippen molar-refractivity contribution in [3.05, 3.63) is 59.7 Å². The first-order valence-corrected chi connectivity index (χ1v) is 10.1. The fourth-order valence-electron chi connectivity index (χ4n) is 2.83. The Morgan fingerprint density at radius 3 is 2.77 bits per heavy atom. The zero-order valence-corrected chi connectivity index (χ0v) is 17.3. The molecule has 3 N–H and O–H groups in total. The Morgan fingerprint density at radius 2 is 2.10 bits per heavy atom. The van der Waals surface area contributed by atoms with Crippen molar-refractivity contribution in [1.82, 2.24) is 20.9 Å². The molecule has 1 aromatic heterocycles. The lowest BCUT2D eigenvalue weighted by atomic mass is 10.1. The molecule has 3 rings (SSSR count). The molecule has 1 aliphatic rings. The number of pyridine rings is 1. The van der Waals surface area contributed by atoms with E-state index in [2.05, 4.69) is 25.9 Å². The van der Waals surface area contributed by atoms with Crippen LogP contribution in [0.4, 0.5) is 4.39 Å². The van der Waals surface area contributed by atoms with Crippen LogP contribution in [0, 0.1) is 11.7 Å². The van der Waals surface area contributed by atoms with Gasteiger partial charge in [-0.1, -0.05) is 6.07 Å². The molecule has 0 bridgehead atoms. The van der Waals surface area contributed by atoms with Gasteiger partial charge in [-0.15, -0.1) is 0 Å². The van der Waals surface area contributed by atoms with Crippen molar-refractivity contribution in [2.24, 2.45) is 10.9 Å². The molecule has 1 saturated carbocycles. The molecule has 0 spiro atoms. The molecule has 1 atom stereocenters. The second kappa shape index (κ2) is 10.6. The van der Waals surface area contributed by atoms with E-state index in [9.17, 15) is 9.18 Å². The first kappa shape index (κ1) is 21.5. The molecule has 0 aliphatic heterocycles. The molecule has 30 heavy (non-hydrogen) atoms. The molecular formula is C22H28FN5O2. The summed E-state index contributed by atoms with van der Waals surface area (Å²) in [6.45, 7) is 3.42. The van der Waals surface area contributed by atoms with Gasteiger partial charge in [-0.2, -0.15) is 0 Å². The highest BCUT2D eigenvalue weighted by atomic mass is 19.1. The summed E-state index contributed by atoms with van der Waals surface area (Å²) >= 11 is 0. The predicted octanol–water partition coefficient (Wildman–Crippen LogP) is 2.67. The molecule has 2 aromatic rings. The number of rotatable bonds is 9. The fraction of sp³-hybridized carbons (Fsp3) is 0.409. The largest absolute Gasteiger partial charge is 0.490 e. The Balaban J connectivity index is 1.43. The number of aliphatic imine (C=N–C) groups is 1. The maximum atomic E-state index is 14.3. The van der Waals surface area contributed by atoms with Gasteiger partial charge in [0.15, 0.2) is 17.5 Å². The Kier molecular flexibility index (Phi) is 7.59. The second-order valence-corrected chi connectivity index (χ2v) is 7.31. The van der Waals surface area contributed by atoms with E-state index < -0.39 is 0 Å². The van der Waals surface area contributed by atoms with Gasteiger partial charge in [0.25, 0.3) is 5.91 Å². The van der Waals surface area contributed by atoms with Crippen LogP contribution in [-0.2, 0) is 0 Å². The lowest BCUT2D eigenvalue weighted by Gasteiger charge is -2.19. The number of benzene rings is 1. The highest BCUT2D eigenvalue weighted by Gasteiger charge is 2.22. The zero-order valence-electron chi connectivity index (χ0n) is 17.3. The summed E-state index contributed by atoms with van der Waals surface area (Å²) in [6, 6.07) is 8.28. The monoisotopic (exact) mass is 413 g/mol. The predicted molar refractivity (Wildman–Crippen MR) is 114 cm³/mol. The van der Waals surface area contributed by atoms with Gasteiger partial charge in [-0.05, 0) is 55.5 Å². The molecule has 1 heterocycles. The smallest absolute Gasteiger partial charge is 0.252 e. The molecule has 0 saturated heterocycles. The first-order valence-electron chi connectivity index (χ1n) is 10.1. The number of aromatic nitrogens is 1. The summed E-state index contributed by atoms with van der Waals surface area (Å²) in [5.74, 6) is 0.897. The molecule has 7 nitrogen and oxygen atoms in total. The third kappa shape index (κ3) is 6.43. The number of carbonyl (C=O) groups excluding carboxylic acids is 1. The third-order valence-electron chi connectivity index (χ3n) is 4.83. The number of guanidine groups is 1. The summed E-state index contributed by atoms with van der Waals surface area (Å²) < 4.78 is 19.9. The van der Waals surface area contributed by atoms with Gasteiger partial charge in [-0.3, -0.25) is 14.8 Å². The van der Waals surface area contributed by atoms with Crippen LogP contribution in [0.5, 0.6) is 5.75 Å². The number of hydrogen-bond donors (Lipinski definition) is 3. The van der Waals surface area contributed by atoms with E-state index in [1.165, 1.54) is 25.1 Å². The number of halogens is 1. The molecule has 1 unspecified atom stereocenters. The van der Waals surface area contributed by atoms with Crippen molar-refractivity contribution in [3.63, 3.8) is 0 Å². The van der Waals surface area contributed by atoms with E-state index in [4.69, 9.17) is 4.74 Å². The fourth-order valence-corrected chi connectivity index (χ4v) is 2.83. The molecule has 1 aromatic carbocycles. The number of nitrogens with zero attached hydrogens (tertiary/aromatic N) is 2. The third-order valence-corrected chi connectivity index (χ3v) is 4.83. The van der Waals surface area contributed by atoms with E-state index in [0.29, 0.717) is 42.9 Å². The molecule has 8 heteroatoms. The Labute approximate surface area is 176 Å². The molecule has 1 fully saturated rings. The molecule has 1 aliphatic carbocycles. The lowest BCUT2D eigenvalue weighted by Crippen LogP contribution is -2.42. The van der Waals surface area contributed by atoms with E-state index in [1.54, 1.807) is 31.4 Å². The van der Waals surface area contributed by atoms with Crippen LogP contribution < -0.4 is 20.7 Å². The van der Waals surface area contributed by atoms with Crippen LogP contribution in [0.15, 0.2) is 47.7 Å². The minimum absolute atomic E-state index is 0.159. The first-order chi connectivity index (χ1) is 14.6. The Hall–Kier alpha value is -3.16. The quantitative estimate of drug-likeness (QED) is 0.334. The van der Waals surface area contributed by atoms with E-state index in [0.717, 1.165) is 5.56 Å². The van der Waals surface area contributed by atoms with Gasteiger partial charge in [0, 0.05) is 32.5 Å². The summed E-state index contributed by atoms with van der Waals surface area (Å²) in [7, 11) is 1.66. The van der Waals surface area contributed by atoms with Gasteiger partial charge in [0.05, 0.1) is 18.2 Å². The average molecular weight is 413 g/mol. The van der Waals surface area contributed by atoms with Gasteiger partial charge in [0.1, 0.15) is 0 Å². The van der Waals surface area contributed by atoms with Crippen molar-refractivity contribution in [1.29, 1.82) is 0 Å². The lowest BCUT2D eigenvalue weighted by molar-refractivity contribution is 0.0954. The van der Waals surface area contributed by atoms with E-state index in [-0.39, 0.29) is 17.8 Å². The van der Waals surface area contributed by atoms with Crippen LogP contribution in [-0.4, -0.2) is 43.6 Å². The van der Waals surface area contributed by atoms with E-state index in [1.807, 2.05) is 13.0 Å². The van der Waals surface area contributed by atoms with Crippen LogP contribution >= 0.6 is 0 Å². The van der Waals surface area contributed by atoms with Crippen molar-refractivity contribution >= 4 is 11.9 Å². The number of carbonyl (C=O) groups is 1. The van der Waals surface area contributed by atoms with Crippen molar-refractivity contribution in [2.45, 2.75) is 25.8 Å². The number of amides is 1. The molecule has 0 radical (unpaired) electrons. The highest BCUT2D eigenvalue weighted by molar-refractivity contribution is 5.93. The summed E-state index contributed by atoms with van der Waals surface area (Å²) in [5, 5.41) is 9.16. The summed E-state index contributed by atoms with van der Waals surface area (Å²) in [6.07, 6.45) is 5.47. The Bertz CT molecular complexity index is 871. The normalized spacial score (nSPS) is 14.7. The van der Waals surface area contributed by atoms with Crippen molar-refractivity contribution < 1.29 is 13.9 Å². The topological polar surface area (TPSA) is 87.6 Å². The van der Waals surface area contributed by atoms with Crippen LogP contribution in [0.1, 0.15) is 41.7 Å². The molecule has 160 valence electrons. The van der Waals surface area contributed by atoms with Crippen molar-refractivity contribution in [3.8, 4) is 5.75 Å². The maximum Gasteiger partial charge on any atom is 0.252 e. The minimum Gasteiger partial charge on any atom is -0.490 e. The zero-order chi connectivity index (χ0) is 21.3. The van der Waals surface area contributed by atoms with Gasteiger partial charge < -0.3 is 20.7 Å². The number of hydrogen-bond acceptors (Lipinski definition) is 4. The SMILES string of the molecule is CN=C(NCCNC(=O)c1cccnc1)NC(C)c1ccc(OCC2CC2)c(F)c1. The number of ether oxygens (including phenoxy) is 1. The standard InChI is InChI=1S/C22H28FN5O2/c1-15(17-7-8-20(19(23)12-17)30-14-16-5-6-16)28-22(24-2)27-11-10-26-21(29)18-4-3-9-25-13-18/h3-4,7-9,12-13,15-16H,5-6,10-11,14H2,1-2H3,(H,26,29)(H2,24,27,28). The molecule has 1 amide bonds. The Morgan fingerprint density at radius 1 is 1.30 bits per heavy atom.